The number of benzene rings is 1. The van der Waals surface area contributed by atoms with Gasteiger partial charge in [0.15, 0.2) is 5.82 Å². The molecular formula is C19H23N5O. The molecule has 0 radical (unpaired) electrons. The van der Waals surface area contributed by atoms with Crippen molar-refractivity contribution >= 4 is 0 Å². The molecule has 4 rings (SSSR count). The van der Waals surface area contributed by atoms with Crippen molar-refractivity contribution in [3.05, 3.63) is 47.1 Å². The highest BCUT2D eigenvalue weighted by atomic mass is 16.5. The molecule has 0 bridgehead atoms. The van der Waals surface area contributed by atoms with Crippen LogP contribution in [-0.4, -0.2) is 46.1 Å². The largest absolute Gasteiger partial charge is 0.339 e. The van der Waals surface area contributed by atoms with E-state index in [-0.39, 0.29) is 0 Å². The molecule has 0 N–H and O–H groups in total. The summed E-state index contributed by atoms with van der Waals surface area (Å²) in [6.45, 7) is 3.81. The first-order valence-electron chi connectivity index (χ1n) is 8.95. The molecule has 0 unspecified atom stereocenters. The third kappa shape index (κ3) is 3.89. The van der Waals surface area contributed by atoms with Gasteiger partial charge in [0, 0.05) is 31.6 Å². The Bertz CT molecular complexity index is 759. The summed E-state index contributed by atoms with van der Waals surface area (Å²) < 4.78 is 5.35. The number of aromatic nitrogens is 2. The van der Waals surface area contributed by atoms with Gasteiger partial charge in [0.2, 0.25) is 5.89 Å². The number of hydrogen-bond acceptors (Lipinski definition) is 6. The normalized spacial score (nSPS) is 20.9. The van der Waals surface area contributed by atoms with Crippen LogP contribution < -0.4 is 0 Å². The van der Waals surface area contributed by atoms with Gasteiger partial charge in [-0.2, -0.15) is 10.2 Å². The quantitative estimate of drug-likeness (QED) is 0.807. The zero-order chi connectivity index (χ0) is 17.2. The predicted molar refractivity (Wildman–Crippen MR) is 92.6 cm³/mol. The molecule has 0 spiro atoms. The van der Waals surface area contributed by atoms with Crippen LogP contribution in [0.25, 0.3) is 0 Å². The lowest BCUT2D eigenvalue weighted by Gasteiger charge is -2.23. The zero-order valence-corrected chi connectivity index (χ0v) is 14.6. The Labute approximate surface area is 148 Å². The highest BCUT2D eigenvalue weighted by Gasteiger charge is 2.30. The Balaban J connectivity index is 1.29. The highest BCUT2D eigenvalue weighted by Crippen LogP contribution is 2.38. The van der Waals surface area contributed by atoms with Crippen LogP contribution >= 0.6 is 0 Å². The van der Waals surface area contributed by atoms with Crippen LogP contribution in [0.15, 0.2) is 28.8 Å². The van der Waals surface area contributed by atoms with Crippen LogP contribution in [0.3, 0.4) is 0 Å². The average molecular weight is 337 g/mol. The van der Waals surface area contributed by atoms with E-state index in [9.17, 15) is 0 Å². The molecule has 1 aliphatic heterocycles. The maximum absolute atomic E-state index is 8.88. The van der Waals surface area contributed by atoms with Crippen molar-refractivity contribution in [2.75, 3.05) is 20.1 Å². The molecule has 6 heteroatoms. The second kappa shape index (κ2) is 6.95. The maximum atomic E-state index is 8.88. The molecule has 130 valence electrons. The topological polar surface area (TPSA) is 69.2 Å². The van der Waals surface area contributed by atoms with Crippen LogP contribution in [0.5, 0.6) is 0 Å². The van der Waals surface area contributed by atoms with E-state index in [4.69, 9.17) is 9.78 Å². The first-order valence-corrected chi connectivity index (χ1v) is 8.95. The smallest absolute Gasteiger partial charge is 0.229 e. The number of rotatable bonds is 6. The first kappa shape index (κ1) is 16.2. The Hall–Kier alpha value is -2.23. The van der Waals surface area contributed by atoms with Gasteiger partial charge in [0.05, 0.1) is 18.2 Å². The first-order chi connectivity index (χ1) is 12.2. The predicted octanol–water partition coefficient (Wildman–Crippen LogP) is 2.52. The fourth-order valence-electron chi connectivity index (χ4n) is 3.44. The van der Waals surface area contributed by atoms with Crippen molar-refractivity contribution in [1.82, 2.24) is 19.9 Å². The second-order valence-corrected chi connectivity index (χ2v) is 7.22. The van der Waals surface area contributed by atoms with E-state index in [0.717, 1.165) is 44.3 Å². The lowest BCUT2D eigenvalue weighted by Crippen LogP contribution is -2.34. The Morgan fingerprint density at radius 2 is 2.08 bits per heavy atom. The van der Waals surface area contributed by atoms with Gasteiger partial charge < -0.3 is 4.52 Å². The van der Waals surface area contributed by atoms with Crippen LogP contribution in [0.1, 0.15) is 48.0 Å². The van der Waals surface area contributed by atoms with Crippen LogP contribution in [0.2, 0.25) is 0 Å². The van der Waals surface area contributed by atoms with Crippen molar-refractivity contribution in [2.24, 2.45) is 0 Å². The summed E-state index contributed by atoms with van der Waals surface area (Å²) in [5.74, 6) is 2.13. The van der Waals surface area contributed by atoms with Gasteiger partial charge in [-0.15, -0.1) is 0 Å². The Morgan fingerprint density at radius 3 is 2.80 bits per heavy atom. The number of hydrogen-bond donors (Lipinski definition) is 0. The minimum Gasteiger partial charge on any atom is -0.339 e. The molecule has 1 saturated heterocycles. The third-order valence-electron chi connectivity index (χ3n) is 5.16. The SMILES string of the molecule is CN(Cc1noc(C2CC2)n1)[C@H]1CCN(Cc2ccc(C#N)cc2)C1. The Morgan fingerprint density at radius 1 is 1.28 bits per heavy atom. The molecular weight excluding hydrogens is 314 g/mol. The maximum Gasteiger partial charge on any atom is 0.229 e. The van der Waals surface area contributed by atoms with Gasteiger partial charge in [0.25, 0.3) is 0 Å². The highest BCUT2D eigenvalue weighted by molar-refractivity contribution is 5.31. The van der Waals surface area contributed by atoms with E-state index in [1.807, 2.05) is 24.3 Å². The van der Waals surface area contributed by atoms with Crippen LogP contribution in [0.4, 0.5) is 0 Å². The Kier molecular flexibility index (Phi) is 4.51. The minimum absolute atomic E-state index is 0.515. The van der Waals surface area contributed by atoms with Crippen molar-refractivity contribution < 1.29 is 4.52 Å². The van der Waals surface area contributed by atoms with Gasteiger partial charge in [-0.1, -0.05) is 17.3 Å². The number of nitriles is 1. The van der Waals surface area contributed by atoms with Gasteiger partial charge in [-0.3, -0.25) is 9.80 Å². The van der Waals surface area contributed by atoms with E-state index in [1.54, 1.807) is 0 Å². The third-order valence-corrected chi connectivity index (χ3v) is 5.16. The van der Waals surface area contributed by atoms with Crippen molar-refractivity contribution in [2.45, 2.75) is 44.3 Å². The summed E-state index contributed by atoms with van der Waals surface area (Å²) in [5.41, 5.74) is 1.98. The molecule has 2 heterocycles. The molecule has 1 atom stereocenters. The van der Waals surface area contributed by atoms with Crippen molar-refractivity contribution in [3.63, 3.8) is 0 Å². The molecule has 1 aromatic heterocycles. The molecule has 0 amide bonds. The van der Waals surface area contributed by atoms with E-state index < -0.39 is 0 Å². The summed E-state index contributed by atoms with van der Waals surface area (Å²) in [4.78, 5) is 9.33. The second-order valence-electron chi connectivity index (χ2n) is 7.22. The number of nitrogens with zero attached hydrogens (tertiary/aromatic N) is 5. The van der Waals surface area contributed by atoms with E-state index in [0.29, 0.717) is 17.5 Å². The zero-order valence-electron chi connectivity index (χ0n) is 14.6. The molecule has 2 aromatic rings. The van der Waals surface area contributed by atoms with E-state index in [1.165, 1.54) is 18.4 Å². The van der Waals surface area contributed by atoms with E-state index >= 15 is 0 Å². The van der Waals surface area contributed by atoms with Gasteiger partial charge in [-0.05, 0) is 44.0 Å². The molecule has 1 aliphatic carbocycles. The summed E-state index contributed by atoms with van der Waals surface area (Å²) in [6.07, 6.45) is 3.52. The van der Waals surface area contributed by atoms with Crippen LogP contribution in [-0.2, 0) is 13.1 Å². The summed E-state index contributed by atoms with van der Waals surface area (Å²) in [7, 11) is 2.14. The van der Waals surface area contributed by atoms with Crippen molar-refractivity contribution in [1.29, 1.82) is 5.26 Å². The van der Waals surface area contributed by atoms with Crippen molar-refractivity contribution in [3.8, 4) is 6.07 Å². The lowest BCUT2D eigenvalue weighted by atomic mass is 10.1. The standard InChI is InChI=1S/C19H23N5O/c1-23(13-18-21-19(25-22-18)16-6-7-16)17-8-9-24(12-17)11-15-4-2-14(10-20)3-5-15/h2-5,16-17H,6-9,11-13H2,1H3/t17-/m0/s1. The lowest BCUT2D eigenvalue weighted by molar-refractivity contribution is 0.216. The summed E-state index contributed by atoms with van der Waals surface area (Å²) in [6, 6.07) is 10.6. The fourth-order valence-corrected chi connectivity index (χ4v) is 3.44. The number of likely N-dealkylation sites (tertiary alicyclic amines) is 1. The molecule has 2 aliphatic rings. The molecule has 25 heavy (non-hydrogen) atoms. The van der Waals surface area contributed by atoms with E-state index in [2.05, 4.69) is 33.1 Å². The molecule has 1 saturated carbocycles. The molecule has 6 nitrogen and oxygen atoms in total. The van der Waals surface area contributed by atoms with Gasteiger partial charge in [0.1, 0.15) is 0 Å². The fraction of sp³-hybridized carbons (Fsp3) is 0.526. The molecule has 1 aromatic carbocycles. The van der Waals surface area contributed by atoms with Crippen LogP contribution in [0, 0.1) is 11.3 Å². The van der Waals surface area contributed by atoms with Gasteiger partial charge >= 0.3 is 0 Å². The average Bonchev–Trinajstić information content (AvgIpc) is 3.19. The number of likely N-dealkylation sites (N-methyl/N-ethyl adjacent to an activating group) is 1. The monoisotopic (exact) mass is 337 g/mol. The molecule has 2 fully saturated rings. The summed E-state index contributed by atoms with van der Waals surface area (Å²) in [5, 5.41) is 13.0. The van der Waals surface area contributed by atoms with Gasteiger partial charge in [-0.25, -0.2) is 0 Å². The summed E-state index contributed by atoms with van der Waals surface area (Å²) >= 11 is 0. The minimum atomic E-state index is 0.515.